The first-order chi connectivity index (χ1) is 5.58. The minimum absolute atomic E-state index is 1.01. The Kier molecular flexibility index (Phi) is 2.79. The summed E-state index contributed by atoms with van der Waals surface area (Å²) in [5.74, 6) is 0. The van der Waals surface area contributed by atoms with Crippen LogP contribution in [-0.2, 0) is 4.79 Å². The molecule has 12 heavy (non-hydrogen) atoms. The molecular weight excluding hydrogens is 203 g/mol. The van der Waals surface area contributed by atoms with E-state index in [1.54, 1.807) is 6.41 Å². The van der Waals surface area contributed by atoms with Crippen LogP contribution in [0.15, 0.2) is 12.3 Å². The Hall–Kier alpha value is -0.490. The highest BCUT2D eigenvalue weighted by Crippen LogP contribution is 2.19. The van der Waals surface area contributed by atoms with Gasteiger partial charge in [0.15, 0.2) is 0 Å². The van der Waals surface area contributed by atoms with E-state index in [4.69, 9.17) is 23.4 Å². The van der Waals surface area contributed by atoms with Crippen LogP contribution in [0.4, 0.5) is 0 Å². The third kappa shape index (κ3) is 1.81. The molecule has 1 heterocycles. The van der Waals surface area contributed by atoms with Crippen LogP contribution in [-0.4, -0.2) is 28.1 Å². The van der Waals surface area contributed by atoms with Crippen LogP contribution in [0.3, 0.4) is 0 Å². The van der Waals surface area contributed by atoms with Crippen molar-refractivity contribution in [3.8, 4) is 0 Å². The summed E-state index contributed by atoms with van der Waals surface area (Å²) >= 11 is 11.4. The normalized spacial score (nSPS) is 29.6. The lowest BCUT2D eigenvalue weighted by Gasteiger charge is -2.36. The van der Waals surface area contributed by atoms with Gasteiger partial charge < -0.3 is 4.90 Å². The van der Waals surface area contributed by atoms with Crippen LogP contribution in [0.1, 0.15) is 0 Å². The summed E-state index contributed by atoms with van der Waals surface area (Å²) < 4.78 is 1.01. The first-order valence-electron chi connectivity index (χ1n) is 3.06. The molecule has 1 aliphatic heterocycles. The number of hydrogen-bond donors (Lipinski definition) is 2. The van der Waals surface area contributed by atoms with Crippen molar-refractivity contribution < 1.29 is 4.79 Å². The molecule has 0 spiro atoms. The topological polar surface area (TPSA) is 47.6 Å². The average Bonchev–Trinajstić information content (AvgIpc) is 2.02. The Labute approximate surface area is 79.9 Å². The van der Waals surface area contributed by atoms with E-state index in [1.165, 1.54) is 19.3 Å². The van der Waals surface area contributed by atoms with Gasteiger partial charge in [-0.2, -0.15) is 5.43 Å². The van der Waals surface area contributed by atoms with Crippen LogP contribution in [0.5, 0.6) is 0 Å². The zero-order valence-electron chi connectivity index (χ0n) is 6.21. The predicted octanol–water partition coefficient (Wildman–Crippen LogP) is -0.130. The van der Waals surface area contributed by atoms with Gasteiger partial charge in [-0.25, -0.2) is 0 Å². The zero-order chi connectivity index (χ0) is 9.19. The van der Waals surface area contributed by atoms with Gasteiger partial charge in [-0.3, -0.25) is 10.2 Å². The van der Waals surface area contributed by atoms with Crippen LogP contribution in [0, 0.1) is 0 Å². The largest absolute Gasteiger partial charge is 0.314 e. The average molecular weight is 210 g/mol. The molecule has 1 rings (SSSR count). The summed E-state index contributed by atoms with van der Waals surface area (Å²) in [4.78, 5) is 11.4. The Morgan fingerprint density at radius 2 is 2.42 bits per heavy atom. The Morgan fingerprint density at radius 1 is 1.75 bits per heavy atom. The number of carbonyl (C=O) groups excluding carboxylic acids is 1. The van der Waals surface area contributed by atoms with E-state index in [9.17, 15) is 4.79 Å². The van der Waals surface area contributed by atoms with E-state index in [2.05, 4.69) is 10.9 Å². The second-order valence-corrected chi connectivity index (χ2v) is 3.09. The molecular formula is C5H7Cl2N4O. The van der Waals surface area contributed by atoms with Gasteiger partial charge in [-0.15, -0.1) is 0 Å². The van der Waals surface area contributed by atoms with Gasteiger partial charge in [-0.1, -0.05) is 16.2 Å². The van der Waals surface area contributed by atoms with E-state index >= 15 is 0 Å². The number of hydrogen-bond acceptors (Lipinski definition) is 4. The summed E-state index contributed by atoms with van der Waals surface area (Å²) in [7, 11) is 1.48. The zero-order valence-corrected chi connectivity index (χ0v) is 7.73. The van der Waals surface area contributed by atoms with Crippen molar-refractivity contribution in [2.45, 2.75) is 5.12 Å². The molecule has 7 heteroatoms. The number of alkyl halides is 1. The van der Waals surface area contributed by atoms with Gasteiger partial charge in [0.25, 0.3) is 0 Å². The summed E-state index contributed by atoms with van der Waals surface area (Å²) in [6.07, 6.45) is 4.65. The first kappa shape index (κ1) is 9.60. The number of amides is 1. The maximum Gasteiger partial charge on any atom is 0.314 e. The monoisotopic (exact) mass is 209 g/mol. The molecule has 1 radical (unpaired) electrons. The lowest BCUT2D eigenvalue weighted by Crippen LogP contribution is -2.60. The minimum Gasteiger partial charge on any atom is -0.302 e. The predicted molar refractivity (Wildman–Crippen MR) is 45.1 cm³/mol. The molecule has 5 nitrogen and oxygen atoms in total. The van der Waals surface area contributed by atoms with Crippen molar-refractivity contribution in [1.82, 2.24) is 20.4 Å². The Morgan fingerprint density at radius 3 is 2.92 bits per heavy atom. The number of nitrogens with one attached hydrogen (secondary N) is 2. The summed E-state index contributed by atoms with van der Waals surface area (Å²) in [6.45, 7) is 0. The third-order valence-electron chi connectivity index (χ3n) is 1.37. The van der Waals surface area contributed by atoms with Crippen molar-refractivity contribution in [2.75, 3.05) is 7.05 Å². The SMILES string of the molecule is CN([C]=O)C1(Cl)C=CNN(Cl)N1. The molecule has 0 aromatic heterocycles. The van der Waals surface area contributed by atoms with E-state index < -0.39 is 5.12 Å². The maximum absolute atomic E-state index is 10.3. The van der Waals surface area contributed by atoms with Crippen molar-refractivity contribution in [1.29, 1.82) is 0 Å². The number of hydrazine groups is 2. The Balaban J connectivity index is 2.76. The second kappa shape index (κ2) is 3.49. The quantitative estimate of drug-likeness (QED) is 0.288. The Bertz CT molecular complexity index is 212. The molecule has 1 atom stereocenters. The molecule has 0 aromatic rings. The molecule has 1 unspecified atom stereocenters. The lowest BCUT2D eigenvalue weighted by molar-refractivity contribution is 0.150. The van der Waals surface area contributed by atoms with Crippen molar-refractivity contribution >= 4 is 29.8 Å². The summed E-state index contributed by atoms with van der Waals surface area (Å²) in [5.41, 5.74) is 5.16. The molecule has 0 saturated carbocycles. The highest BCUT2D eigenvalue weighted by molar-refractivity contribution is 6.25. The maximum atomic E-state index is 10.3. The molecule has 0 fully saturated rings. The van der Waals surface area contributed by atoms with Gasteiger partial charge in [0.2, 0.25) is 5.12 Å². The standard InChI is InChI=1S/C5H7Cl2N4O/c1-10(4-12)5(6)2-3-8-11(7)9-5/h2-3,8-9H,1H3. The molecule has 0 aliphatic carbocycles. The van der Waals surface area contributed by atoms with Gasteiger partial charge >= 0.3 is 6.41 Å². The van der Waals surface area contributed by atoms with E-state index in [0.29, 0.717) is 0 Å². The van der Waals surface area contributed by atoms with Crippen molar-refractivity contribution in [3.63, 3.8) is 0 Å². The highest BCUT2D eigenvalue weighted by atomic mass is 35.5. The molecule has 2 N–H and O–H groups in total. The van der Waals surface area contributed by atoms with E-state index in [1.807, 2.05) is 0 Å². The number of rotatable bonds is 2. The molecule has 1 aliphatic rings. The second-order valence-electron chi connectivity index (χ2n) is 2.18. The first-order valence-corrected chi connectivity index (χ1v) is 3.78. The van der Waals surface area contributed by atoms with Gasteiger partial charge in [-0.05, 0) is 6.08 Å². The van der Waals surface area contributed by atoms with E-state index in [0.717, 1.165) is 9.54 Å². The summed E-state index contributed by atoms with van der Waals surface area (Å²) in [5, 5.41) is -1.16. The fourth-order valence-electron chi connectivity index (χ4n) is 0.674. The van der Waals surface area contributed by atoms with E-state index in [-0.39, 0.29) is 0 Å². The fourth-order valence-corrected chi connectivity index (χ4v) is 1.08. The molecule has 67 valence electrons. The number of nitrogens with zero attached hydrogens (tertiary/aromatic N) is 2. The van der Waals surface area contributed by atoms with Gasteiger partial charge in [0, 0.05) is 25.0 Å². The van der Waals surface area contributed by atoms with Crippen molar-refractivity contribution in [3.05, 3.63) is 12.3 Å². The number of likely N-dealkylation sites (N-methyl/N-ethyl adjacent to an activating group) is 1. The fraction of sp³-hybridized carbons (Fsp3) is 0.400. The summed E-state index contributed by atoms with van der Waals surface area (Å²) in [6, 6.07) is 0. The lowest BCUT2D eigenvalue weighted by atomic mass is 10.4. The molecule has 0 aromatic carbocycles. The third-order valence-corrected chi connectivity index (χ3v) is 2.02. The minimum atomic E-state index is -1.16. The number of halogens is 2. The molecule has 1 amide bonds. The van der Waals surface area contributed by atoms with Crippen LogP contribution >= 0.6 is 23.4 Å². The molecule has 0 saturated heterocycles. The van der Waals surface area contributed by atoms with Crippen LogP contribution in [0.2, 0.25) is 0 Å². The van der Waals surface area contributed by atoms with Gasteiger partial charge in [0.05, 0.1) is 0 Å². The highest BCUT2D eigenvalue weighted by Gasteiger charge is 2.33. The van der Waals surface area contributed by atoms with Crippen LogP contribution in [0.25, 0.3) is 0 Å². The van der Waals surface area contributed by atoms with Crippen molar-refractivity contribution in [2.24, 2.45) is 0 Å². The smallest absolute Gasteiger partial charge is 0.302 e. The molecule has 0 bridgehead atoms. The van der Waals surface area contributed by atoms with Crippen LogP contribution < -0.4 is 10.9 Å². The van der Waals surface area contributed by atoms with Gasteiger partial charge in [0.1, 0.15) is 0 Å².